The number of hydrogen-bond donors (Lipinski definition) is 1. The smallest absolute Gasteiger partial charge is 0.246 e. The summed E-state index contributed by atoms with van der Waals surface area (Å²) >= 11 is 0. The van der Waals surface area contributed by atoms with Crippen molar-refractivity contribution >= 4 is 11.8 Å². The van der Waals surface area contributed by atoms with Gasteiger partial charge in [-0.1, -0.05) is 70.9 Å². The summed E-state index contributed by atoms with van der Waals surface area (Å²) in [6.45, 7) is 12.0. The van der Waals surface area contributed by atoms with Gasteiger partial charge in [0.25, 0.3) is 0 Å². The maximum atomic E-state index is 13.4. The molecule has 2 amide bonds. The molecule has 2 aliphatic heterocycles. The molecule has 1 atom stereocenters. The molecule has 2 heterocycles. The van der Waals surface area contributed by atoms with Gasteiger partial charge in [0.05, 0.1) is 0 Å². The predicted molar refractivity (Wildman–Crippen MR) is 135 cm³/mol. The van der Waals surface area contributed by atoms with Crippen molar-refractivity contribution in [1.29, 1.82) is 0 Å². The quantitative estimate of drug-likeness (QED) is 0.494. The van der Waals surface area contributed by atoms with Gasteiger partial charge in [-0.25, -0.2) is 0 Å². The molecule has 33 heavy (non-hydrogen) atoms. The van der Waals surface area contributed by atoms with E-state index in [9.17, 15) is 9.59 Å². The lowest BCUT2D eigenvalue weighted by Gasteiger charge is -2.52. The Morgan fingerprint density at radius 1 is 0.939 bits per heavy atom. The summed E-state index contributed by atoms with van der Waals surface area (Å²) in [4.78, 5) is 31.2. The summed E-state index contributed by atoms with van der Waals surface area (Å²) in [5.74, 6) is 0.937. The largest absolute Gasteiger partial charge is 0.342 e. The second-order valence-corrected chi connectivity index (χ2v) is 11.0. The average Bonchev–Trinajstić information content (AvgIpc) is 2.79. The molecule has 2 fully saturated rings. The van der Waals surface area contributed by atoms with Gasteiger partial charge in [-0.2, -0.15) is 0 Å². The number of rotatable bonds is 11. The summed E-state index contributed by atoms with van der Waals surface area (Å²) < 4.78 is 0. The Morgan fingerprint density at radius 3 is 2.24 bits per heavy atom. The summed E-state index contributed by atoms with van der Waals surface area (Å²) in [7, 11) is 0. The minimum atomic E-state index is -0.652. The van der Waals surface area contributed by atoms with Crippen LogP contribution < -0.4 is 5.32 Å². The number of nitrogens with one attached hydrogen (secondary N) is 1. The minimum absolute atomic E-state index is 0.0777. The molecular weight excluding hydrogens is 410 g/mol. The number of benzene rings is 1. The van der Waals surface area contributed by atoms with E-state index in [-0.39, 0.29) is 17.9 Å². The fourth-order valence-corrected chi connectivity index (χ4v) is 5.44. The van der Waals surface area contributed by atoms with E-state index in [1.807, 2.05) is 4.90 Å². The Hall–Kier alpha value is -1.88. The monoisotopic (exact) mass is 455 g/mol. The van der Waals surface area contributed by atoms with E-state index in [2.05, 4.69) is 68.2 Å². The fourth-order valence-electron chi connectivity index (χ4n) is 5.44. The molecule has 1 aromatic rings. The third kappa shape index (κ3) is 6.81. The molecule has 0 aromatic heterocycles. The standard InChI is InChI=1S/C28H45N3O2/c1-22(2)20-25-26(32)31(21-23(3)4)28(27(33)29-25)15-18-30(19-16-28)17-11-6-5-8-12-24-13-9-7-10-14-24/h7,9-10,13-14,22-23,25H,5-6,8,11-12,15-21H2,1-4H3,(H,29,33)/t25-/m0/s1. The second-order valence-electron chi connectivity index (χ2n) is 11.0. The number of piperazine rings is 1. The summed E-state index contributed by atoms with van der Waals surface area (Å²) in [5, 5.41) is 3.11. The molecule has 0 bridgehead atoms. The molecule has 1 aromatic carbocycles. The lowest BCUT2D eigenvalue weighted by Crippen LogP contribution is -2.73. The van der Waals surface area contributed by atoms with Crippen molar-refractivity contribution in [2.24, 2.45) is 11.8 Å². The van der Waals surface area contributed by atoms with Crippen LogP contribution in [0, 0.1) is 11.8 Å². The Balaban J connectivity index is 1.47. The number of nitrogens with zero attached hydrogens (tertiary/aromatic N) is 2. The van der Waals surface area contributed by atoms with Crippen molar-refractivity contribution in [1.82, 2.24) is 15.1 Å². The van der Waals surface area contributed by atoms with Gasteiger partial charge in [0.1, 0.15) is 11.6 Å². The highest BCUT2D eigenvalue weighted by atomic mass is 16.2. The van der Waals surface area contributed by atoms with Crippen LogP contribution in [0.1, 0.15) is 78.2 Å². The first-order chi connectivity index (χ1) is 15.8. The number of carbonyl (C=O) groups is 2. The molecular formula is C28H45N3O2. The first-order valence-corrected chi connectivity index (χ1v) is 13.2. The zero-order valence-corrected chi connectivity index (χ0v) is 21.3. The molecule has 1 N–H and O–H groups in total. The number of piperidine rings is 1. The van der Waals surface area contributed by atoms with Gasteiger partial charge in [-0.15, -0.1) is 0 Å². The van der Waals surface area contributed by atoms with Crippen LogP contribution in [0.4, 0.5) is 0 Å². The van der Waals surface area contributed by atoms with Crippen LogP contribution in [-0.2, 0) is 16.0 Å². The van der Waals surface area contributed by atoms with Crippen LogP contribution in [0.3, 0.4) is 0 Å². The van der Waals surface area contributed by atoms with Crippen molar-refractivity contribution in [2.75, 3.05) is 26.2 Å². The first-order valence-electron chi connectivity index (χ1n) is 13.2. The van der Waals surface area contributed by atoms with Crippen LogP contribution in [0.25, 0.3) is 0 Å². The van der Waals surface area contributed by atoms with E-state index in [1.54, 1.807) is 0 Å². The van der Waals surface area contributed by atoms with Gasteiger partial charge in [-0.3, -0.25) is 9.59 Å². The molecule has 2 saturated heterocycles. The summed E-state index contributed by atoms with van der Waals surface area (Å²) in [5.41, 5.74) is 0.779. The SMILES string of the molecule is CC(C)C[C@@H]1NC(=O)C2(CCN(CCCCCCc3ccccc3)CC2)N(CC(C)C)C1=O. The van der Waals surface area contributed by atoms with E-state index in [4.69, 9.17) is 0 Å². The summed E-state index contributed by atoms with van der Waals surface area (Å²) in [6, 6.07) is 10.4. The lowest BCUT2D eigenvalue weighted by atomic mass is 9.80. The van der Waals surface area contributed by atoms with Crippen molar-refractivity contribution in [2.45, 2.75) is 90.6 Å². The number of carbonyl (C=O) groups excluding carboxylic acids is 2. The van der Waals surface area contributed by atoms with Gasteiger partial charge >= 0.3 is 0 Å². The van der Waals surface area contributed by atoms with Gasteiger partial charge in [0.15, 0.2) is 0 Å². The van der Waals surface area contributed by atoms with E-state index in [0.717, 1.165) is 32.5 Å². The Kier molecular flexibility index (Phi) is 9.37. The third-order valence-electron chi connectivity index (χ3n) is 7.28. The molecule has 184 valence electrons. The van der Waals surface area contributed by atoms with Crippen LogP contribution in [0.15, 0.2) is 30.3 Å². The fraction of sp³-hybridized carbons (Fsp3) is 0.714. The molecule has 0 unspecified atom stereocenters. The lowest BCUT2D eigenvalue weighted by molar-refractivity contribution is -0.162. The highest BCUT2D eigenvalue weighted by Crippen LogP contribution is 2.34. The number of likely N-dealkylation sites (tertiary alicyclic amines) is 1. The molecule has 0 saturated carbocycles. The number of hydrogen-bond acceptors (Lipinski definition) is 3. The number of amides is 2. The van der Waals surface area contributed by atoms with Crippen LogP contribution >= 0.6 is 0 Å². The Morgan fingerprint density at radius 2 is 1.61 bits per heavy atom. The van der Waals surface area contributed by atoms with Gasteiger partial charge in [0, 0.05) is 19.6 Å². The second kappa shape index (κ2) is 12.0. The number of unbranched alkanes of at least 4 members (excludes halogenated alkanes) is 3. The predicted octanol–water partition coefficient (Wildman–Crippen LogP) is 4.65. The van der Waals surface area contributed by atoms with Crippen LogP contribution in [0.5, 0.6) is 0 Å². The van der Waals surface area contributed by atoms with Crippen LogP contribution in [0.2, 0.25) is 0 Å². The Labute approximate surface area is 201 Å². The zero-order valence-electron chi connectivity index (χ0n) is 21.3. The van der Waals surface area contributed by atoms with Gasteiger partial charge in [0.2, 0.25) is 11.8 Å². The molecule has 2 aliphatic rings. The molecule has 0 radical (unpaired) electrons. The molecule has 3 rings (SSSR count). The topological polar surface area (TPSA) is 52.7 Å². The van der Waals surface area contributed by atoms with Crippen molar-refractivity contribution in [3.8, 4) is 0 Å². The third-order valence-corrected chi connectivity index (χ3v) is 7.28. The number of aryl methyl sites for hydroxylation is 1. The maximum Gasteiger partial charge on any atom is 0.246 e. The first kappa shape index (κ1) is 25.7. The normalized spacial score (nSPS) is 21.3. The highest BCUT2D eigenvalue weighted by molar-refractivity contribution is 6.00. The highest BCUT2D eigenvalue weighted by Gasteiger charge is 2.53. The molecule has 0 aliphatic carbocycles. The van der Waals surface area contributed by atoms with E-state index < -0.39 is 5.54 Å². The van der Waals surface area contributed by atoms with Crippen molar-refractivity contribution < 1.29 is 9.59 Å². The summed E-state index contributed by atoms with van der Waals surface area (Å²) in [6.07, 6.45) is 8.35. The average molecular weight is 456 g/mol. The van der Waals surface area contributed by atoms with Gasteiger partial charge in [-0.05, 0) is 62.5 Å². The zero-order chi connectivity index (χ0) is 23.8. The van der Waals surface area contributed by atoms with Crippen molar-refractivity contribution in [3.63, 3.8) is 0 Å². The van der Waals surface area contributed by atoms with E-state index in [0.29, 0.717) is 24.8 Å². The minimum Gasteiger partial charge on any atom is -0.342 e. The van der Waals surface area contributed by atoms with Crippen molar-refractivity contribution in [3.05, 3.63) is 35.9 Å². The van der Waals surface area contributed by atoms with E-state index >= 15 is 0 Å². The molecule has 5 heteroatoms. The maximum absolute atomic E-state index is 13.4. The van der Waals surface area contributed by atoms with Crippen LogP contribution in [-0.4, -0.2) is 59.4 Å². The van der Waals surface area contributed by atoms with E-state index in [1.165, 1.54) is 37.7 Å². The molecule has 5 nitrogen and oxygen atoms in total. The van der Waals surface area contributed by atoms with Gasteiger partial charge < -0.3 is 15.1 Å². The Bertz CT molecular complexity index is 754. The molecule has 1 spiro atoms.